The number of fused-ring (bicyclic) bond motifs is 1. The SMILES string of the molecule is CSc1ccc(/C=N\NC(=O)c2ccc(CN3CCc4ccccc4C3)cc2)cc1. The van der Waals surface area contributed by atoms with Crippen molar-refractivity contribution in [3.63, 3.8) is 0 Å². The van der Waals surface area contributed by atoms with Gasteiger partial charge in [-0.1, -0.05) is 48.5 Å². The van der Waals surface area contributed by atoms with Gasteiger partial charge in [0, 0.05) is 30.1 Å². The number of benzene rings is 3. The molecule has 0 bridgehead atoms. The van der Waals surface area contributed by atoms with Gasteiger partial charge in [0.1, 0.15) is 0 Å². The molecule has 0 saturated carbocycles. The lowest BCUT2D eigenvalue weighted by Crippen LogP contribution is -2.30. The van der Waals surface area contributed by atoms with Crippen molar-refractivity contribution >= 4 is 23.9 Å². The van der Waals surface area contributed by atoms with E-state index in [2.05, 4.69) is 39.7 Å². The second-order valence-corrected chi connectivity index (χ2v) is 8.28. The Bertz CT molecular complexity index is 1030. The molecule has 1 aliphatic heterocycles. The fourth-order valence-corrected chi connectivity index (χ4v) is 4.04. The first-order valence-corrected chi connectivity index (χ1v) is 11.3. The van der Waals surface area contributed by atoms with Gasteiger partial charge in [0.15, 0.2) is 0 Å². The molecule has 0 atom stereocenters. The molecule has 0 fully saturated rings. The monoisotopic (exact) mass is 415 g/mol. The van der Waals surface area contributed by atoms with E-state index < -0.39 is 0 Å². The van der Waals surface area contributed by atoms with E-state index >= 15 is 0 Å². The lowest BCUT2D eigenvalue weighted by molar-refractivity contribution is 0.0955. The van der Waals surface area contributed by atoms with Crippen LogP contribution >= 0.6 is 11.8 Å². The molecule has 1 heterocycles. The van der Waals surface area contributed by atoms with E-state index in [0.29, 0.717) is 5.56 Å². The van der Waals surface area contributed by atoms with Gasteiger partial charge in [-0.15, -0.1) is 11.8 Å². The Balaban J connectivity index is 1.30. The molecule has 0 aliphatic carbocycles. The van der Waals surface area contributed by atoms with Crippen molar-refractivity contribution < 1.29 is 4.79 Å². The number of hydrogen-bond donors (Lipinski definition) is 1. The van der Waals surface area contributed by atoms with Gasteiger partial charge in [-0.05, 0) is 59.2 Å². The van der Waals surface area contributed by atoms with Crippen LogP contribution in [-0.4, -0.2) is 29.8 Å². The molecule has 1 N–H and O–H groups in total. The van der Waals surface area contributed by atoms with Crippen LogP contribution in [0.1, 0.15) is 32.6 Å². The van der Waals surface area contributed by atoms with Crippen molar-refractivity contribution in [1.29, 1.82) is 0 Å². The van der Waals surface area contributed by atoms with Gasteiger partial charge in [-0.25, -0.2) is 5.43 Å². The Morgan fingerprint density at radius 1 is 1.03 bits per heavy atom. The number of carbonyl (C=O) groups is 1. The van der Waals surface area contributed by atoms with E-state index in [1.54, 1.807) is 18.0 Å². The number of nitrogens with one attached hydrogen (secondary N) is 1. The summed E-state index contributed by atoms with van der Waals surface area (Å²) in [5.41, 5.74) is 8.25. The fourth-order valence-electron chi connectivity index (χ4n) is 3.63. The maximum atomic E-state index is 12.3. The van der Waals surface area contributed by atoms with E-state index in [9.17, 15) is 4.79 Å². The van der Waals surface area contributed by atoms with Gasteiger partial charge in [0.25, 0.3) is 5.91 Å². The third-order valence-corrected chi connectivity index (χ3v) is 6.07. The van der Waals surface area contributed by atoms with Crippen molar-refractivity contribution in [2.24, 2.45) is 5.10 Å². The summed E-state index contributed by atoms with van der Waals surface area (Å²) in [7, 11) is 0. The Kier molecular flexibility index (Phi) is 6.62. The minimum Gasteiger partial charge on any atom is -0.294 e. The number of carbonyl (C=O) groups excluding carboxylic acids is 1. The second-order valence-electron chi connectivity index (χ2n) is 7.40. The molecule has 1 aliphatic rings. The van der Waals surface area contributed by atoms with Crippen LogP contribution in [0.5, 0.6) is 0 Å². The smallest absolute Gasteiger partial charge is 0.271 e. The highest BCUT2D eigenvalue weighted by Gasteiger charge is 2.15. The quantitative estimate of drug-likeness (QED) is 0.360. The summed E-state index contributed by atoms with van der Waals surface area (Å²) in [4.78, 5) is 16.0. The van der Waals surface area contributed by atoms with Crippen molar-refractivity contribution in [2.45, 2.75) is 24.4 Å². The standard InChI is InChI=1S/C25H25N3OS/c1-30-24-12-8-19(9-13-24)16-26-27-25(29)22-10-6-20(7-11-22)17-28-15-14-21-4-2-3-5-23(21)18-28/h2-13,16H,14-15,17-18H2,1H3,(H,27,29)/b26-16-. The van der Waals surface area contributed by atoms with E-state index in [1.165, 1.54) is 21.6 Å². The molecule has 1 amide bonds. The second kappa shape index (κ2) is 9.74. The molecular weight excluding hydrogens is 390 g/mol. The first-order chi connectivity index (χ1) is 14.7. The number of amides is 1. The number of hydrazone groups is 1. The van der Waals surface area contributed by atoms with E-state index in [-0.39, 0.29) is 5.91 Å². The summed E-state index contributed by atoms with van der Waals surface area (Å²) < 4.78 is 0. The predicted molar refractivity (Wildman–Crippen MR) is 124 cm³/mol. The van der Waals surface area contributed by atoms with Crippen LogP contribution < -0.4 is 5.43 Å². The highest BCUT2D eigenvalue weighted by molar-refractivity contribution is 7.98. The normalized spacial score (nSPS) is 13.9. The molecule has 3 aromatic rings. The summed E-state index contributed by atoms with van der Waals surface area (Å²) >= 11 is 1.70. The molecule has 0 aromatic heterocycles. The molecule has 152 valence electrons. The lowest BCUT2D eigenvalue weighted by atomic mass is 9.99. The minimum absolute atomic E-state index is 0.203. The number of nitrogens with zero attached hydrogens (tertiary/aromatic N) is 2. The van der Waals surface area contributed by atoms with E-state index in [1.807, 2.05) is 54.8 Å². The molecular formula is C25H25N3OS. The van der Waals surface area contributed by atoms with Crippen molar-refractivity contribution in [3.8, 4) is 0 Å². The van der Waals surface area contributed by atoms with Gasteiger partial charge in [-0.2, -0.15) is 5.10 Å². The van der Waals surface area contributed by atoms with Crippen LogP contribution in [0.2, 0.25) is 0 Å². The van der Waals surface area contributed by atoms with Crippen LogP contribution in [0.25, 0.3) is 0 Å². The summed E-state index contributed by atoms with van der Waals surface area (Å²) in [6, 6.07) is 24.5. The van der Waals surface area contributed by atoms with Gasteiger partial charge < -0.3 is 0 Å². The summed E-state index contributed by atoms with van der Waals surface area (Å²) in [6.45, 7) is 2.93. The molecule has 3 aromatic carbocycles. The highest BCUT2D eigenvalue weighted by Crippen LogP contribution is 2.20. The molecule has 0 radical (unpaired) electrons. The average Bonchev–Trinajstić information content (AvgIpc) is 2.80. The van der Waals surface area contributed by atoms with Gasteiger partial charge in [-0.3, -0.25) is 9.69 Å². The Hall–Kier alpha value is -2.89. The first-order valence-electron chi connectivity index (χ1n) is 10.1. The van der Waals surface area contributed by atoms with Gasteiger partial charge in [0.05, 0.1) is 6.21 Å². The van der Waals surface area contributed by atoms with Gasteiger partial charge >= 0.3 is 0 Å². The molecule has 5 heteroatoms. The zero-order chi connectivity index (χ0) is 20.8. The van der Waals surface area contributed by atoms with Crippen LogP contribution in [0.3, 0.4) is 0 Å². The predicted octanol–water partition coefficient (Wildman–Crippen LogP) is 4.73. The largest absolute Gasteiger partial charge is 0.294 e. The van der Waals surface area contributed by atoms with Crippen LogP contribution in [-0.2, 0) is 19.5 Å². The van der Waals surface area contributed by atoms with Crippen molar-refractivity contribution in [1.82, 2.24) is 10.3 Å². The van der Waals surface area contributed by atoms with Crippen LogP contribution in [0.4, 0.5) is 0 Å². The summed E-state index contributed by atoms with van der Waals surface area (Å²) in [6.07, 6.45) is 4.79. The third kappa shape index (κ3) is 5.17. The van der Waals surface area contributed by atoms with Crippen molar-refractivity contribution in [3.05, 3.63) is 101 Å². The van der Waals surface area contributed by atoms with Crippen LogP contribution in [0.15, 0.2) is 82.8 Å². The average molecular weight is 416 g/mol. The molecule has 4 rings (SSSR count). The topological polar surface area (TPSA) is 44.7 Å². The van der Waals surface area contributed by atoms with Gasteiger partial charge in [0.2, 0.25) is 0 Å². The van der Waals surface area contributed by atoms with E-state index in [0.717, 1.165) is 31.6 Å². The third-order valence-electron chi connectivity index (χ3n) is 5.33. The lowest BCUT2D eigenvalue weighted by Gasteiger charge is -2.28. The van der Waals surface area contributed by atoms with E-state index in [4.69, 9.17) is 0 Å². The summed E-state index contributed by atoms with van der Waals surface area (Å²) in [5.74, 6) is -0.203. The maximum Gasteiger partial charge on any atom is 0.271 e. The van der Waals surface area contributed by atoms with Crippen molar-refractivity contribution in [2.75, 3.05) is 12.8 Å². The summed E-state index contributed by atoms with van der Waals surface area (Å²) in [5, 5.41) is 4.07. The Morgan fingerprint density at radius 3 is 2.50 bits per heavy atom. The minimum atomic E-state index is -0.203. The number of rotatable bonds is 6. The molecule has 0 saturated heterocycles. The molecule has 0 unspecified atom stereocenters. The fraction of sp³-hybridized carbons (Fsp3) is 0.200. The Labute approximate surface area is 182 Å². The molecule has 30 heavy (non-hydrogen) atoms. The molecule has 4 nitrogen and oxygen atoms in total. The zero-order valence-electron chi connectivity index (χ0n) is 17.0. The first kappa shape index (κ1) is 20.4. The van der Waals surface area contributed by atoms with Crippen LogP contribution in [0, 0.1) is 0 Å². The number of thioether (sulfide) groups is 1. The molecule has 0 spiro atoms. The number of hydrogen-bond acceptors (Lipinski definition) is 4. The Morgan fingerprint density at radius 2 is 1.77 bits per heavy atom. The maximum absolute atomic E-state index is 12.3. The zero-order valence-corrected chi connectivity index (χ0v) is 17.9. The highest BCUT2D eigenvalue weighted by atomic mass is 32.2.